The van der Waals surface area contributed by atoms with Crippen LogP contribution in [0.1, 0.15) is 11.6 Å². The van der Waals surface area contributed by atoms with Crippen molar-refractivity contribution in [3.05, 3.63) is 46.5 Å². The highest BCUT2D eigenvalue weighted by Gasteiger charge is 2.38. The van der Waals surface area contributed by atoms with Crippen LogP contribution in [0.3, 0.4) is 0 Å². The summed E-state index contributed by atoms with van der Waals surface area (Å²) in [5.41, 5.74) is 0.895. The van der Waals surface area contributed by atoms with E-state index in [0.29, 0.717) is 17.8 Å². The molecule has 0 N–H and O–H groups in total. The predicted octanol–water partition coefficient (Wildman–Crippen LogP) is 3.70. The summed E-state index contributed by atoms with van der Waals surface area (Å²) in [5.74, 6) is -1.60. The summed E-state index contributed by atoms with van der Waals surface area (Å²) >= 11 is 11.7. The van der Waals surface area contributed by atoms with Crippen molar-refractivity contribution in [2.45, 2.75) is 12.7 Å². The SMILES string of the molecule is FC(F)(F)c1nc(-c2ccc(Cn3cnc(Cl)c3Cl)nc2)no1. The number of halogens is 5. The predicted molar refractivity (Wildman–Crippen MR) is 73.9 cm³/mol. The van der Waals surface area contributed by atoms with Crippen LogP contribution < -0.4 is 0 Å². The maximum atomic E-state index is 12.4. The van der Waals surface area contributed by atoms with Gasteiger partial charge in [0.25, 0.3) is 0 Å². The van der Waals surface area contributed by atoms with E-state index in [-0.39, 0.29) is 16.1 Å². The van der Waals surface area contributed by atoms with Gasteiger partial charge in [-0.3, -0.25) is 4.98 Å². The van der Waals surface area contributed by atoms with E-state index in [4.69, 9.17) is 23.2 Å². The van der Waals surface area contributed by atoms with Crippen LogP contribution in [-0.2, 0) is 12.7 Å². The molecule has 3 heterocycles. The first kappa shape index (κ1) is 15.8. The highest BCUT2D eigenvalue weighted by molar-refractivity contribution is 6.40. The maximum Gasteiger partial charge on any atom is 0.471 e. The van der Waals surface area contributed by atoms with Crippen molar-refractivity contribution in [1.29, 1.82) is 0 Å². The van der Waals surface area contributed by atoms with Gasteiger partial charge in [0.05, 0.1) is 18.6 Å². The molecule has 23 heavy (non-hydrogen) atoms. The number of hydrogen-bond acceptors (Lipinski definition) is 5. The van der Waals surface area contributed by atoms with Crippen molar-refractivity contribution >= 4 is 23.2 Å². The van der Waals surface area contributed by atoms with E-state index in [0.717, 1.165) is 0 Å². The van der Waals surface area contributed by atoms with Crippen LogP contribution in [-0.4, -0.2) is 24.7 Å². The molecule has 0 aliphatic heterocycles. The Bertz CT molecular complexity index is 828. The van der Waals surface area contributed by atoms with Crippen molar-refractivity contribution in [3.8, 4) is 11.4 Å². The van der Waals surface area contributed by atoms with E-state index in [1.165, 1.54) is 18.6 Å². The zero-order chi connectivity index (χ0) is 16.6. The standard InChI is InChI=1S/C12H6Cl2F3N5O/c13-8-9(14)22(5-19-8)4-7-2-1-6(3-18-7)10-20-11(23-21-10)12(15,16)17/h1-3,5H,4H2. The molecule has 3 rings (SSSR count). The average Bonchev–Trinajstić information content (AvgIpc) is 3.11. The van der Waals surface area contributed by atoms with Crippen LogP contribution >= 0.6 is 23.2 Å². The van der Waals surface area contributed by atoms with Gasteiger partial charge in [0.1, 0.15) is 5.15 Å². The molecule has 0 aliphatic rings. The number of aromatic nitrogens is 5. The van der Waals surface area contributed by atoms with Crippen molar-refractivity contribution in [1.82, 2.24) is 24.7 Å². The molecule has 0 unspecified atom stereocenters. The van der Waals surface area contributed by atoms with Crippen LogP contribution in [0, 0.1) is 0 Å². The Morgan fingerprint density at radius 2 is 1.96 bits per heavy atom. The molecule has 0 bridgehead atoms. The second kappa shape index (κ2) is 5.82. The fourth-order valence-electron chi connectivity index (χ4n) is 1.73. The Labute approximate surface area is 136 Å². The number of pyridine rings is 1. The maximum absolute atomic E-state index is 12.4. The number of hydrogen-bond donors (Lipinski definition) is 0. The summed E-state index contributed by atoms with van der Waals surface area (Å²) in [5, 5.41) is 3.73. The first-order valence-corrected chi connectivity index (χ1v) is 6.82. The van der Waals surface area contributed by atoms with E-state index in [1.807, 2.05) is 0 Å². The summed E-state index contributed by atoms with van der Waals surface area (Å²) < 4.78 is 43.0. The van der Waals surface area contributed by atoms with Gasteiger partial charge >= 0.3 is 12.1 Å². The molecule has 0 aliphatic carbocycles. The van der Waals surface area contributed by atoms with Crippen LogP contribution in [0.15, 0.2) is 29.2 Å². The molecule has 3 aromatic heterocycles. The first-order chi connectivity index (χ1) is 10.8. The van der Waals surface area contributed by atoms with Gasteiger partial charge in [-0.25, -0.2) is 4.98 Å². The normalized spacial score (nSPS) is 11.9. The third-order valence-electron chi connectivity index (χ3n) is 2.82. The lowest BCUT2D eigenvalue weighted by molar-refractivity contribution is -0.159. The Balaban J connectivity index is 1.79. The Morgan fingerprint density at radius 3 is 2.48 bits per heavy atom. The molecule has 0 atom stereocenters. The summed E-state index contributed by atoms with van der Waals surface area (Å²) in [4.78, 5) is 11.2. The van der Waals surface area contributed by atoms with Crippen molar-refractivity contribution in [3.63, 3.8) is 0 Å². The number of rotatable bonds is 3. The zero-order valence-electron chi connectivity index (χ0n) is 11.1. The number of imidazole rings is 1. The van der Waals surface area contributed by atoms with Gasteiger partial charge in [0, 0.05) is 11.8 Å². The van der Waals surface area contributed by atoms with E-state index in [1.54, 1.807) is 10.6 Å². The van der Waals surface area contributed by atoms with Gasteiger partial charge in [0.15, 0.2) is 5.15 Å². The van der Waals surface area contributed by atoms with Crippen molar-refractivity contribution in [2.75, 3.05) is 0 Å². The quantitative estimate of drug-likeness (QED) is 0.709. The zero-order valence-corrected chi connectivity index (χ0v) is 12.6. The average molecular weight is 364 g/mol. The summed E-state index contributed by atoms with van der Waals surface area (Å²) in [6.07, 6.45) is -1.89. The highest BCUT2D eigenvalue weighted by Crippen LogP contribution is 2.29. The minimum Gasteiger partial charge on any atom is -0.329 e. The van der Waals surface area contributed by atoms with Crippen LogP contribution in [0.5, 0.6) is 0 Å². The van der Waals surface area contributed by atoms with Crippen molar-refractivity contribution in [2.24, 2.45) is 0 Å². The Kier molecular flexibility index (Phi) is 3.99. The van der Waals surface area contributed by atoms with Gasteiger partial charge in [-0.15, -0.1) is 0 Å². The van der Waals surface area contributed by atoms with E-state index >= 15 is 0 Å². The highest BCUT2D eigenvalue weighted by atomic mass is 35.5. The topological polar surface area (TPSA) is 69.6 Å². The van der Waals surface area contributed by atoms with Gasteiger partial charge < -0.3 is 9.09 Å². The molecular formula is C12H6Cl2F3N5O. The molecule has 120 valence electrons. The molecule has 0 saturated heterocycles. The summed E-state index contributed by atoms with van der Waals surface area (Å²) in [6.45, 7) is 0.304. The van der Waals surface area contributed by atoms with Gasteiger partial charge in [-0.1, -0.05) is 28.4 Å². The molecule has 0 amide bonds. The lowest BCUT2D eigenvalue weighted by Gasteiger charge is -2.03. The van der Waals surface area contributed by atoms with E-state index in [9.17, 15) is 13.2 Å². The monoisotopic (exact) mass is 363 g/mol. The van der Waals surface area contributed by atoms with Gasteiger partial charge in [-0.2, -0.15) is 18.2 Å². The number of nitrogens with zero attached hydrogens (tertiary/aromatic N) is 5. The smallest absolute Gasteiger partial charge is 0.329 e. The first-order valence-electron chi connectivity index (χ1n) is 6.07. The lowest BCUT2D eigenvalue weighted by Crippen LogP contribution is -2.05. The number of alkyl halides is 3. The van der Waals surface area contributed by atoms with Crippen LogP contribution in [0.4, 0.5) is 13.2 Å². The van der Waals surface area contributed by atoms with Crippen molar-refractivity contribution < 1.29 is 17.7 Å². The van der Waals surface area contributed by atoms with Gasteiger partial charge in [0.2, 0.25) is 5.82 Å². The summed E-state index contributed by atoms with van der Waals surface area (Å²) in [6, 6.07) is 3.13. The molecule has 0 fully saturated rings. The molecular weight excluding hydrogens is 358 g/mol. The van der Waals surface area contributed by atoms with Crippen LogP contribution in [0.25, 0.3) is 11.4 Å². The second-order valence-corrected chi connectivity index (χ2v) is 5.13. The molecule has 6 nitrogen and oxygen atoms in total. The Morgan fingerprint density at radius 1 is 1.17 bits per heavy atom. The fraction of sp³-hybridized carbons (Fsp3) is 0.167. The molecule has 0 saturated carbocycles. The second-order valence-electron chi connectivity index (χ2n) is 4.41. The van der Waals surface area contributed by atoms with E-state index in [2.05, 4.69) is 24.6 Å². The molecule has 3 aromatic rings. The minimum atomic E-state index is -4.68. The third-order valence-corrected chi connectivity index (χ3v) is 3.59. The largest absolute Gasteiger partial charge is 0.471 e. The molecule has 0 aromatic carbocycles. The van der Waals surface area contributed by atoms with Crippen LogP contribution in [0.2, 0.25) is 10.3 Å². The fourth-order valence-corrected chi connectivity index (χ4v) is 2.04. The van der Waals surface area contributed by atoms with Gasteiger partial charge in [-0.05, 0) is 12.1 Å². The lowest BCUT2D eigenvalue weighted by atomic mass is 10.2. The molecule has 11 heteroatoms. The Hall–Kier alpha value is -2.13. The molecule has 0 radical (unpaired) electrons. The van der Waals surface area contributed by atoms with E-state index < -0.39 is 12.1 Å². The minimum absolute atomic E-state index is 0.176. The molecule has 0 spiro atoms. The third kappa shape index (κ3) is 3.30. The summed E-state index contributed by atoms with van der Waals surface area (Å²) in [7, 11) is 0.